The molecule has 1 atom stereocenters. The third-order valence-corrected chi connectivity index (χ3v) is 5.19. The van der Waals surface area contributed by atoms with Crippen LogP contribution in [0.3, 0.4) is 0 Å². The van der Waals surface area contributed by atoms with E-state index in [-0.39, 0.29) is 5.91 Å². The lowest BCUT2D eigenvalue weighted by Crippen LogP contribution is -2.25. The van der Waals surface area contributed by atoms with E-state index in [1.54, 1.807) is 6.33 Å². The maximum atomic E-state index is 12.3. The van der Waals surface area contributed by atoms with Crippen LogP contribution in [0.15, 0.2) is 48.8 Å². The number of aromatic amines is 1. The molecule has 1 heterocycles. The maximum Gasteiger partial charge on any atom is 0.251 e. The van der Waals surface area contributed by atoms with E-state index in [9.17, 15) is 4.79 Å². The van der Waals surface area contributed by atoms with Gasteiger partial charge in [0.05, 0.1) is 17.4 Å². The normalized spacial score (nSPS) is 16.6. The van der Waals surface area contributed by atoms with Crippen molar-refractivity contribution in [3.05, 3.63) is 65.5 Å². The van der Waals surface area contributed by atoms with Crippen molar-refractivity contribution in [2.75, 3.05) is 6.54 Å². The van der Waals surface area contributed by atoms with Gasteiger partial charge in [0.1, 0.15) is 0 Å². The van der Waals surface area contributed by atoms with Crippen LogP contribution in [0.1, 0.15) is 53.1 Å². The molecule has 0 aliphatic heterocycles. The Hall–Kier alpha value is -2.62. The van der Waals surface area contributed by atoms with Crippen molar-refractivity contribution in [3.8, 4) is 0 Å². The largest absolute Gasteiger partial charge is 0.352 e. The van der Waals surface area contributed by atoms with E-state index in [4.69, 9.17) is 0 Å². The fourth-order valence-electron chi connectivity index (χ4n) is 3.88. The van der Waals surface area contributed by atoms with Gasteiger partial charge in [-0.05, 0) is 67.3 Å². The average Bonchev–Trinajstić information content (AvgIpc) is 3.13. The molecule has 0 bridgehead atoms. The van der Waals surface area contributed by atoms with Crippen LogP contribution in [0.25, 0.3) is 11.0 Å². The number of benzene rings is 2. The molecule has 1 aliphatic carbocycles. The SMILES string of the molecule is O=C(NCCCC1CCCc2ccccc21)c1ccc2nc[nH]c2c1. The number of fused-ring (bicyclic) bond motifs is 2. The minimum Gasteiger partial charge on any atom is -0.352 e. The molecule has 0 spiro atoms. The number of nitrogens with zero attached hydrogens (tertiary/aromatic N) is 1. The van der Waals surface area contributed by atoms with Gasteiger partial charge in [0.25, 0.3) is 5.91 Å². The molecule has 3 aromatic rings. The van der Waals surface area contributed by atoms with Crippen molar-refractivity contribution in [1.29, 1.82) is 0 Å². The number of carbonyl (C=O) groups excluding carboxylic acids is 1. The first-order chi connectivity index (χ1) is 12.3. The average molecular weight is 333 g/mol. The Morgan fingerprint density at radius 3 is 3.12 bits per heavy atom. The lowest BCUT2D eigenvalue weighted by Gasteiger charge is -2.25. The summed E-state index contributed by atoms with van der Waals surface area (Å²) in [6.45, 7) is 0.721. The first kappa shape index (κ1) is 15.9. The van der Waals surface area contributed by atoms with Gasteiger partial charge in [0.2, 0.25) is 0 Å². The molecule has 1 aromatic heterocycles. The molecule has 0 radical (unpaired) electrons. The van der Waals surface area contributed by atoms with Gasteiger partial charge >= 0.3 is 0 Å². The number of H-pyrrole nitrogens is 1. The predicted octanol–water partition coefficient (Wildman–Crippen LogP) is 4.19. The molecule has 2 aromatic carbocycles. The molecule has 4 rings (SSSR count). The highest BCUT2D eigenvalue weighted by Gasteiger charge is 2.19. The summed E-state index contributed by atoms with van der Waals surface area (Å²) in [5.41, 5.74) is 5.49. The van der Waals surface area contributed by atoms with Crippen molar-refractivity contribution in [3.63, 3.8) is 0 Å². The third-order valence-electron chi connectivity index (χ3n) is 5.19. The van der Waals surface area contributed by atoms with E-state index < -0.39 is 0 Å². The van der Waals surface area contributed by atoms with Gasteiger partial charge in [-0.15, -0.1) is 0 Å². The smallest absolute Gasteiger partial charge is 0.251 e. The van der Waals surface area contributed by atoms with E-state index in [0.29, 0.717) is 11.5 Å². The summed E-state index contributed by atoms with van der Waals surface area (Å²) < 4.78 is 0. The number of aromatic nitrogens is 2. The number of nitrogens with one attached hydrogen (secondary N) is 2. The number of hydrogen-bond donors (Lipinski definition) is 2. The first-order valence-corrected chi connectivity index (χ1v) is 9.10. The van der Waals surface area contributed by atoms with Crippen molar-refractivity contribution >= 4 is 16.9 Å². The Morgan fingerprint density at radius 1 is 1.24 bits per heavy atom. The number of rotatable bonds is 5. The van der Waals surface area contributed by atoms with Crippen LogP contribution in [-0.2, 0) is 6.42 Å². The highest BCUT2D eigenvalue weighted by Crippen LogP contribution is 2.34. The summed E-state index contributed by atoms with van der Waals surface area (Å²) in [6, 6.07) is 14.4. The van der Waals surface area contributed by atoms with Gasteiger partial charge in [-0.3, -0.25) is 4.79 Å². The Labute approximate surface area is 147 Å². The summed E-state index contributed by atoms with van der Waals surface area (Å²) in [5, 5.41) is 3.05. The second kappa shape index (κ2) is 7.09. The molecule has 0 saturated carbocycles. The minimum absolute atomic E-state index is 0.0134. The predicted molar refractivity (Wildman–Crippen MR) is 99.8 cm³/mol. The second-order valence-electron chi connectivity index (χ2n) is 6.82. The monoisotopic (exact) mass is 333 g/mol. The van der Waals surface area contributed by atoms with Crippen LogP contribution in [0.4, 0.5) is 0 Å². The second-order valence-corrected chi connectivity index (χ2v) is 6.82. The van der Waals surface area contributed by atoms with Gasteiger partial charge < -0.3 is 10.3 Å². The zero-order valence-electron chi connectivity index (χ0n) is 14.3. The van der Waals surface area contributed by atoms with Crippen LogP contribution in [-0.4, -0.2) is 22.4 Å². The molecule has 1 unspecified atom stereocenters. The molecule has 1 amide bonds. The van der Waals surface area contributed by atoms with E-state index in [1.165, 1.54) is 30.4 Å². The molecule has 2 N–H and O–H groups in total. The molecule has 4 heteroatoms. The van der Waals surface area contributed by atoms with Crippen LogP contribution in [0.5, 0.6) is 0 Å². The van der Waals surface area contributed by atoms with Crippen molar-refractivity contribution in [1.82, 2.24) is 15.3 Å². The van der Waals surface area contributed by atoms with Crippen molar-refractivity contribution < 1.29 is 4.79 Å². The molecular weight excluding hydrogens is 310 g/mol. The topological polar surface area (TPSA) is 57.8 Å². The molecule has 128 valence electrons. The Bertz CT molecular complexity index is 883. The number of hydrogen-bond acceptors (Lipinski definition) is 2. The number of carbonyl (C=O) groups is 1. The summed E-state index contributed by atoms with van der Waals surface area (Å²) in [5.74, 6) is 0.628. The minimum atomic E-state index is -0.0134. The third kappa shape index (κ3) is 3.43. The van der Waals surface area contributed by atoms with E-state index >= 15 is 0 Å². The van der Waals surface area contributed by atoms with Gasteiger partial charge in [-0.25, -0.2) is 4.98 Å². The van der Waals surface area contributed by atoms with Crippen molar-refractivity contribution in [2.45, 2.75) is 38.0 Å². The van der Waals surface area contributed by atoms with Gasteiger partial charge in [0, 0.05) is 12.1 Å². The van der Waals surface area contributed by atoms with E-state index in [1.807, 2.05) is 18.2 Å². The van der Waals surface area contributed by atoms with E-state index in [2.05, 4.69) is 39.6 Å². The zero-order chi connectivity index (χ0) is 17.1. The molecule has 1 aliphatic rings. The summed E-state index contributed by atoms with van der Waals surface area (Å²) in [6.07, 6.45) is 7.54. The lowest BCUT2D eigenvalue weighted by molar-refractivity contribution is 0.0953. The molecular formula is C21H23N3O. The highest BCUT2D eigenvalue weighted by molar-refractivity contribution is 5.97. The first-order valence-electron chi connectivity index (χ1n) is 9.10. The zero-order valence-corrected chi connectivity index (χ0v) is 14.3. The fourth-order valence-corrected chi connectivity index (χ4v) is 3.88. The van der Waals surface area contributed by atoms with Gasteiger partial charge in [-0.1, -0.05) is 24.3 Å². The molecule has 0 saturated heterocycles. The summed E-state index contributed by atoms with van der Waals surface area (Å²) in [4.78, 5) is 19.5. The summed E-state index contributed by atoms with van der Waals surface area (Å²) >= 11 is 0. The maximum absolute atomic E-state index is 12.3. The number of amides is 1. The molecule has 4 nitrogen and oxygen atoms in total. The van der Waals surface area contributed by atoms with Gasteiger partial charge in [-0.2, -0.15) is 0 Å². The standard InChI is InChI=1S/C21H23N3O/c25-21(17-10-11-19-20(13-17)24-14-23-19)22-12-4-8-16-7-3-6-15-5-1-2-9-18(15)16/h1-2,5,9-11,13-14,16H,3-4,6-8,12H2,(H,22,25)(H,23,24). The fraction of sp³-hybridized carbons (Fsp3) is 0.333. The number of aryl methyl sites for hydroxylation is 1. The van der Waals surface area contributed by atoms with Gasteiger partial charge in [0.15, 0.2) is 0 Å². The quantitative estimate of drug-likeness (QED) is 0.688. The van der Waals surface area contributed by atoms with Crippen molar-refractivity contribution in [2.24, 2.45) is 0 Å². The van der Waals surface area contributed by atoms with Crippen LogP contribution >= 0.6 is 0 Å². The van der Waals surface area contributed by atoms with Crippen LogP contribution in [0, 0.1) is 0 Å². The van der Waals surface area contributed by atoms with Crippen LogP contribution < -0.4 is 5.32 Å². The Kier molecular flexibility index (Phi) is 4.51. The lowest BCUT2D eigenvalue weighted by atomic mass is 9.80. The summed E-state index contributed by atoms with van der Waals surface area (Å²) in [7, 11) is 0. The highest BCUT2D eigenvalue weighted by atomic mass is 16.1. The Morgan fingerprint density at radius 2 is 2.16 bits per heavy atom. The Balaban J connectivity index is 1.30. The van der Waals surface area contributed by atoms with E-state index in [0.717, 1.165) is 30.4 Å². The number of imidazole rings is 1. The molecule has 0 fully saturated rings. The molecule has 25 heavy (non-hydrogen) atoms. The van der Waals surface area contributed by atoms with Crippen LogP contribution in [0.2, 0.25) is 0 Å².